The van der Waals surface area contributed by atoms with Crippen LogP contribution in [0.5, 0.6) is 0 Å². The quantitative estimate of drug-likeness (QED) is 0.566. The maximum atomic E-state index is 12.9. The first-order chi connectivity index (χ1) is 15.8. The van der Waals surface area contributed by atoms with E-state index in [1.54, 1.807) is 54.7 Å². The van der Waals surface area contributed by atoms with Crippen LogP contribution in [0.15, 0.2) is 82.6 Å². The molecule has 6 nitrogen and oxygen atoms in total. The highest BCUT2D eigenvalue weighted by molar-refractivity contribution is 7.91. The average Bonchev–Trinajstić information content (AvgIpc) is 2.81. The van der Waals surface area contributed by atoms with Gasteiger partial charge in [0.15, 0.2) is 9.84 Å². The number of pyridine rings is 1. The van der Waals surface area contributed by atoms with Crippen LogP contribution in [-0.2, 0) is 9.84 Å². The lowest BCUT2D eigenvalue weighted by atomic mass is 9.85. The van der Waals surface area contributed by atoms with Crippen LogP contribution in [0.25, 0.3) is 5.69 Å². The summed E-state index contributed by atoms with van der Waals surface area (Å²) in [5.74, 6) is -0.427. The molecule has 3 aromatic rings. The number of halogens is 1. The lowest BCUT2D eigenvalue weighted by molar-refractivity contribution is 0.0911. The van der Waals surface area contributed by atoms with Crippen LogP contribution < -0.4 is 10.9 Å². The van der Waals surface area contributed by atoms with E-state index in [4.69, 9.17) is 11.6 Å². The molecule has 1 N–H and O–H groups in total. The molecule has 2 atom stereocenters. The zero-order valence-electron chi connectivity index (χ0n) is 18.0. The van der Waals surface area contributed by atoms with Crippen LogP contribution in [0.1, 0.15) is 36.0 Å². The second-order valence-electron chi connectivity index (χ2n) is 8.32. The number of aromatic nitrogens is 1. The summed E-state index contributed by atoms with van der Waals surface area (Å²) in [6.07, 6.45) is 5.04. The Labute approximate surface area is 198 Å². The minimum absolute atomic E-state index is 0.0184. The first kappa shape index (κ1) is 23.3. The van der Waals surface area contributed by atoms with Gasteiger partial charge in [-0.1, -0.05) is 30.5 Å². The second kappa shape index (κ2) is 9.93. The Hall–Kier alpha value is -2.90. The number of hydrogen-bond acceptors (Lipinski definition) is 4. The van der Waals surface area contributed by atoms with E-state index in [0.29, 0.717) is 16.3 Å². The SMILES string of the molecule is O=C(N[C@@H]1CCCC[C@@H]1CS(=O)(=O)c1ccc(Cl)cc1)c1ccc(-n2ccccc2=O)cc1. The highest BCUT2D eigenvalue weighted by Crippen LogP contribution is 2.28. The topological polar surface area (TPSA) is 85.2 Å². The summed E-state index contributed by atoms with van der Waals surface area (Å²) in [5, 5.41) is 3.53. The number of carbonyl (C=O) groups excluding carboxylic acids is 1. The molecular formula is C25H25ClN2O4S. The maximum Gasteiger partial charge on any atom is 0.255 e. The number of benzene rings is 2. The lowest BCUT2D eigenvalue weighted by Gasteiger charge is -2.32. The van der Waals surface area contributed by atoms with Crippen molar-refractivity contribution in [3.8, 4) is 5.69 Å². The van der Waals surface area contributed by atoms with Crippen molar-refractivity contribution in [3.63, 3.8) is 0 Å². The molecule has 1 heterocycles. The number of nitrogens with zero attached hydrogens (tertiary/aromatic N) is 1. The molecule has 1 aliphatic carbocycles. The zero-order chi connectivity index (χ0) is 23.4. The normalized spacial score (nSPS) is 18.6. The van der Waals surface area contributed by atoms with Crippen molar-refractivity contribution in [2.75, 3.05) is 5.75 Å². The van der Waals surface area contributed by atoms with E-state index in [-0.39, 0.29) is 34.1 Å². The summed E-state index contributed by atoms with van der Waals surface area (Å²) < 4.78 is 27.4. The number of amides is 1. The Morgan fingerprint density at radius 2 is 1.67 bits per heavy atom. The Kier molecular flexibility index (Phi) is 7.00. The molecule has 1 aliphatic rings. The standard InChI is InChI=1S/C25H25ClN2O4S/c26-20-10-14-22(15-11-20)33(31,32)17-19-5-1-2-6-23(19)27-25(30)18-8-12-21(13-9-18)28-16-4-3-7-24(28)29/h3-4,7-16,19,23H,1-2,5-6,17H2,(H,27,30)/t19-,23-/m1/s1. The third kappa shape index (κ3) is 5.54. The fourth-order valence-electron chi connectivity index (χ4n) is 4.28. The van der Waals surface area contributed by atoms with Crippen molar-refractivity contribution in [1.82, 2.24) is 9.88 Å². The number of rotatable bonds is 6. The molecule has 0 unspecified atom stereocenters. The predicted molar refractivity (Wildman–Crippen MR) is 129 cm³/mol. The summed E-state index contributed by atoms with van der Waals surface area (Å²) in [4.78, 5) is 25.1. The molecule has 1 amide bonds. The molecule has 172 valence electrons. The van der Waals surface area contributed by atoms with Crippen molar-refractivity contribution in [1.29, 1.82) is 0 Å². The molecule has 2 aromatic carbocycles. The number of sulfone groups is 1. The van der Waals surface area contributed by atoms with Gasteiger partial charge in [-0.25, -0.2) is 8.42 Å². The third-order valence-electron chi connectivity index (χ3n) is 6.06. The average molecular weight is 485 g/mol. The van der Waals surface area contributed by atoms with E-state index >= 15 is 0 Å². The van der Waals surface area contributed by atoms with E-state index in [9.17, 15) is 18.0 Å². The smallest absolute Gasteiger partial charge is 0.255 e. The fraction of sp³-hybridized carbons (Fsp3) is 0.280. The van der Waals surface area contributed by atoms with Gasteiger partial charge in [0.1, 0.15) is 0 Å². The molecule has 1 saturated carbocycles. The van der Waals surface area contributed by atoms with Gasteiger partial charge in [-0.2, -0.15) is 0 Å². The third-order valence-corrected chi connectivity index (χ3v) is 8.17. The van der Waals surface area contributed by atoms with Crippen LogP contribution in [0.2, 0.25) is 5.02 Å². The molecule has 33 heavy (non-hydrogen) atoms. The van der Waals surface area contributed by atoms with Gasteiger partial charge in [-0.15, -0.1) is 0 Å². The lowest BCUT2D eigenvalue weighted by Crippen LogP contribution is -2.44. The minimum Gasteiger partial charge on any atom is -0.349 e. The van der Waals surface area contributed by atoms with Gasteiger partial charge >= 0.3 is 0 Å². The molecule has 4 rings (SSSR count). The van der Waals surface area contributed by atoms with Crippen LogP contribution >= 0.6 is 11.6 Å². The molecule has 1 aromatic heterocycles. The highest BCUT2D eigenvalue weighted by Gasteiger charge is 2.31. The second-order valence-corrected chi connectivity index (χ2v) is 10.8. The monoisotopic (exact) mass is 484 g/mol. The van der Waals surface area contributed by atoms with E-state index < -0.39 is 9.84 Å². The van der Waals surface area contributed by atoms with Gasteiger partial charge in [0, 0.05) is 34.6 Å². The fourth-order valence-corrected chi connectivity index (χ4v) is 6.11. The van der Waals surface area contributed by atoms with Gasteiger partial charge in [0.2, 0.25) is 0 Å². The molecular weight excluding hydrogens is 460 g/mol. The predicted octanol–water partition coefficient (Wildman–Crippen LogP) is 4.25. The van der Waals surface area contributed by atoms with Crippen molar-refractivity contribution in [2.24, 2.45) is 5.92 Å². The van der Waals surface area contributed by atoms with Crippen molar-refractivity contribution < 1.29 is 13.2 Å². The molecule has 0 spiro atoms. The zero-order valence-corrected chi connectivity index (χ0v) is 19.6. The molecule has 0 aliphatic heterocycles. The maximum absolute atomic E-state index is 12.9. The van der Waals surface area contributed by atoms with Gasteiger partial charge in [0.05, 0.1) is 10.6 Å². The number of nitrogens with one attached hydrogen (secondary N) is 1. The van der Waals surface area contributed by atoms with E-state index in [0.717, 1.165) is 25.7 Å². The van der Waals surface area contributed by atoms with Crippen LogP contribution in [0.4, 0.5) is 0 Å². The van der Waals surface area contributed by atoms with Crippen molar-refractivity contribution >= 4 is 27.3 Å². The summed E-state index contributed by atoms with van der Waals surface area (Å²) in [5.41, 5.74) is 0.982. The minimum atomic E-state index is -3.49. The van der Waals surface area contributed by atoms with Crippen molar-refractivity contribution in [2.45, 2.75) is 36.6 Å². The summed E-state index contributed by atoms with van der Waals surface area (Å²) in [6, 6.07) is 17.7. The van der Waals surface area contributed by atoms with E-state index in [1.165, 1.54) is 22.8 Å². The summed E-state index contributed by atoms with van der Waals surface area (Å²) in [6.45, 7) is 0. The van der Waals surface area contributed by atoms with E-state index in [2.05, 4.69) is 5.32 Å². The van der Waals surface area contributed by atoms with Crippen LogP contribution in [0, 0.1) is 5.92 Å². The largest absolute Gasteiger partial charge is 0.349 e. The number of hydrogen-bond donors (Lipinski definition) is 1. The number of carbonyl (C=O) groups is 1. The summed E-state index contributed by atoms with van der Waals surface area (Å²) in [7, 11) is -3.49. The first-order valence-corrected chi connectivity index (χ1v) is 12.9. The van der Waals surface area contributed by atoms with Crippen molar-refractivity contribution in [3.05, 3.63) is 93.9 Å². The Balaban J connectivity index is 1.46. The van der Waals surface area contributed by atoms with Crippen LogP contribution in [0.3, 0.4) is 0 Å². The van der Waals surface area contributed by atoms with Gasteiger partial charge in [-0.05, 0) is 73.4 Å². The van der Waals surface area contributed by atoms with Crippen LogP contribution in [-0.4, -0.2) is 30.7 Å². The highest BCUT2D eigenvalue weighted by atomic mass is 35.5. The first-order valence-electron chi connectivity index (χ1n) is 10.9. The summed E-state index contributed by atoms with van der Waals surface area (Å²) >= 11 is 5.89. The molecule has 0 saturated heterocycles. The molecule has 1 fully saturated rings. The Bertz CT molecular complexity index is 1280. The van der Waals surface area contributed by atoms with E-state index in [1.807, 2.05) is 0 Å². The van der Waals surface area contributed by atoms with Gasteiger partial charge in [-0.3, -0.25) is 14.2 Å². The van der Waals surface area contributed by atoms with Gasteiger partial charge < -0.3 is 5.32 Å². The molecule has 8 heteroatoms. The Morgan fingerprint density at radius 3 is 2.36 bits per heavy atom. The molecule has 0 bridgehead atoms. The molecule has 0 radical (unpaired) electrons. The Morgan fingerprint density at radius 1 is 0.970 bits per heavy atom. The van der Waals surface area contributed by atoms with Gasteiger partial charge in [0.25, 0.3) is 11.5 Å².